The minimum atomic E-state index is -0.115. The number of rotatable bonds is 8. The van der Waals surface area contributed by atoms with Crippen LogP contribution in [0, 0.1) is 0 Å². The smallest absolute Gasteiger partial charge is 0.252 e. The highest BCUT2D eigenvalue weighted by Crippen LogP contribution is 2.24. The monoisotopic (exact) mass is 444 g/mol. The Morgan fingerprint density at radius 1 is 1.06 bits per heavy atom. The molecule has 1 amide bonds. The number of hydrogen-bond acceptors (Lipinski definition) is 5. The van der Waals surface area contributed by atoms with E-state index in [-0.39, 0.29) is 12.0 Å². The van der Waals surface area contributed by atoms with Gasteiger partial charge in [0.1, 0.15) is 6.10 Å². The summed E-state index contributed by atoms with van der Waals surface area (Å²) in [6.07, 6.45) is 1.46. The summed E-state index contributed by atoms with van der Waals surface area (Å²) in [5.74, 6) is 0.390. The summed E-state index contributed by atoms with van der Waals surface area (Å²) >= 11 is 0. The summed E-state index contributed by atoms with van der Waals surface area (Å²) in [5, 5.41) is 3.04. The zero-order chi connectivity index (χ0) is 23.0. The molecule has 0 radical (unpaired) electrons. The van der Waals surface area contributed by atoms with Gasteiger partial charge in [-0.1, -0.05) is 60.7 Å². The van der Waals surface area contributed by atoms with Gasteiger partial charge in [0.25, 0.3) is 5.91 Å². The SMILES string of the molecule is C[C@H](Oc1ccc(C(=O)NCCN2CCN(C)C[C@@H]2c2ccccc2)cn1)c1ccccc1. The second-order valence-corrected chi connectivity index (χ2v) is 8.54. The fourth-order valence-corrected chi connectivity index (χ4v) is 4.19. The van der Waals surface area contributed by atoms with Crippen LogP contribution in [0.4, 0.5) is 0 Å². The van der Waals surface area contributed by atoms with Gasteiger partial charge < -0.3 is 15.0 Å². The highest BCUT2D eigenvalue weighted by Gasteiger charge is 2.26. The van der Waals surface area contributed by atoms with Gasteiger partial charge in [-0.2, -0.15) is 0 Å². The van der Waals surface area contributed by atoms with Gasteiger partial charge in [0.15, 0.2) is 0 Å². The molecule has 1 saturated heterocycles. The number of benzene rings is 2. The molecule has 1 aliphatic rings. The number of nitrogens with one attached hydrogen (secondary N) is 1. The van der Waals surface area contributed by atoms with Gasteiger partial charge in [-0.05, 0) is 31.2 Å². The molecule has 0 bridgehead atoms. The summed E-state index contributed by atoms with van der Waals surface area (Å²) in [4.78, 5) is 21.8. The Bertz CT molecular complexity index is 1010. The number of ether oxygens (including phenoxy) is 1. The van der Waals surface area contributed by atoms with E-state index >= 15 is 0 Å². The zero-order valence-electron chi connectivity index (χ0n) is 19.4. The molecular formula is C27H32N4O2. The van der Waals surface area contributed by atoms with Crippen LogP contribution in [0.3, 0.4) is 0 Å². The van der Waals surface area contributed by atoms with Gasteiger partial charge in [0.2, 0.25) is 5.88 Å². The highest BCUT2D eigenvalue weighted by molar-refractivity contribution is 5.93. The number of carbonyl (C=O) groups is 1. The second kappa shape index (κ2) is 11.1. The molecule has 33 heavy (non-hydrogen) atoms. The second-order valence-electron chi connectivity index (χ2n) is 8.54. The number of nitrogens with zero attached hydrogens (tertiary/aromatic N) is 3. The molecule has 0 spiro atoms. The first-order valence-electron chi connectivity index (χ1n) is 11.5. The summed E-state index contributed by atoms with van der Waals surface area (Å²) in [5.41, 5.74) is 2.94. The first kappa shape index (κ1) is 23.0. The van der Waals surface area contributed by atoms with Crippen LogP contribution in [0.15, 0.2) is 79.0 Å². The van der Waals surface area contributed by atoms with E-state index in [2.05, 4.69) is 51.4 Å². The van der Waals surface area contributed by atoms with Gasteiger partial charge >= 0.3 is 0 Å². The van der Waals surface area contributed by atoms with E-state index in [9.17, 15) is 4.79 Å². The number of carbonyl (C=O) groups excluding carboxylic acids is 1. The molecule has 1 fully saturated rings. The standard InChI is InChI=1S/C27H32N4O2/c1-21(22-9-5-3-6-10-22)33-26-14-13-24(19-29-26)27(32)28-15-16-31-18-17-30(2)20-25(31)23-11-7-4-8-12-23/h3-14,19,21,25H,15-18,20H2,1-2H3,(H,28,32)/t21-,25+/m0/s1. The predicted octanol–water partition coefficient (Wildman–Crippen LogP) is 3.94. The van der Waals surface area contributed by atoms with Gasteiger partial charge in [0.05, 0.1) is 5.56 Å². The number of aromatic nitrogens is 1. The van der Waals surface area contributed by atoms with Crippen molar-refractivity contribution in [2.75, 3.05) is 39.8 Å². The van der Waals surface area contributed by atoms with Gasteiger partial charge in [-0.15, -0.1) is 0 Å². The van der Waals surface area contributed by atoms with Crippen LogP contribution in [0.25, 0.3) is 0 Å². The Balaban J connectivity index is 1.28. The normalized spacial score (nSPS) is 17.9. The van der Waals surface area contributed by atoms with Crippen molar-refractivity contribution in [1.29, 1.82) is 0 Å². The topological polar surface area (TPSA) is 57.7 Å². The van der Waals surface area contributed by atoms with E-state index in [1.54, 1.807) is 18.3 Å². The fraction of sp³-hybridized carbons (Fsp3) is 0.333. The molecule has 4 rings (SSSR count). The molecule has 0 aliphatic carbocycles. The molecule has 0 saturated carbocycles. The van der Waals surface area contributed by atoms with Crippen LogP contribution in [-0.4, -0.2) is 60.5 Å². The van der Waals surface area contributed by atoms with Crippen molar-refractivity contribution >= 4 is 5.91 Å². The average molecular weight is 445 g/mol. The summed E-state index contributed by atoms with van der Waals surface area (Å²) < 4.78 is 5.90. The Hall–Kier alpha value is -3.22. The van der Waals surface area contributed by atoms with Gasteiger partial charge in [-0.25, -0.2) is 4.98 Å². The predicted molar refractivity (Wildman–Crippen MR) is 130 cm³/mol. The van der Waals surface area contributed by atoms with Crippen molar-refractivity contribution in [2.45, 2.75) is 19.1 Å². The lowest BCUT2D eigenvalue weighted by Crippen LogP contribution is -2.49. The Labute approximate surface area is 196 Å². The number of likely N-dealkylation sites (N-methyl/N-ethyl adjacent to an activating group) is 1. The van der Waals surface area contributed by atoms with E-state index in [0.717, 1.165) is 31.7 Å². The van der Waals surface area contributed by atoms with E-state index in [1.807, 2.05) is 43.3 Å². The average Bonchev–Trinajstić information content (AvgIpc) is 2.86. The Morgan fingerprint density at radius 2 is 1.79 bits per heavy atom. The lowest BCUT2D eigenvalue weighted by Gasteiger charge is -2.40. The first-order chi connectivity index (χ1) is 16.1. The molecule has 6 heteroatoms. The Kier molecular flexibility index (Phi) is 7.70. The number of piperazine rings is 1. The first-order valence-corrected chi connectivity index (χ1v) is 11.5. The largest absolute Gasteiger partial charge is 0.470 e. The van der Waals surface area contributed by atoms with Crippen molar-refractivity contribution in [3.8, 4) is 5.88 Å². The van der Waals surface area contributed by atoms with Crippen molar-refractivity contribution in [3.63, 3.8) is 0 Å². The van der Waals surface area contributed by atoms with Gasteiger partial charge in [0, 0.05) is 51.0 Å². The molecule has 2 heterocycles. The van der Waals surface area contributed by atoms with Crippen LogP contribution in [0.5, 0.6) is 5.88 Å². The molecule has 6 nitrogen and oxygen atoms in total. The van der Waals surface area contributed by atoms with E-state index in [1.165, 1.54) is 5.56 Å². The molecular weight excluding hydrogens is 412 g/mol. The van der Waals surface area contributed by atoms with Crippen LogP contribution in [0.2, 0.25) is 0 Å². The maximum absolute atomic E-state index is 12.6. The van der Waals surface area contributed by atoms with E-state index in [0.29, 0.717) is 24.0 Å². The maximum Gasteiger partial charge on any atom is 0.252 e. The number of hydrogen-bond donors (Lipinski definition) is 1. The molecule has 1 aromatic heterocycles. The molecule has 0 unspecified atom stereocenters. The zero-order valence-corrected chi connectivity index (χ0v) is 19.4. The lowest BCUT2D eigenvalue weighted by molar-refractivity contribution is 0.0843. The van der Waals surface area contributed by atoms with Crippen LogP contribution in [-0.2, 0) is 0 Å². The molecule has 172 valence electrons. The summed E-state index contributed by atoms with van der Waals surface area (Å²) in [6, 6.07) is 24.4. The molecule has 1 N–H and O–H groups in total. The quantitative estimate of drug-likeness (QED) is 0.570. The van der Waals surface area contributed by atoms with E-state index < -0.39 is 0 Å². The maximum atomic E-state index is 12.6. The van der Waals surface area contributed by atoms with Crippen LogP contribution >= 0.6 is 0 Å². The van der Waals surface area contributed by atoms with E-state index in [4.69, 9.17) is 4.74 Å². The fourth-order valence-electron chi connectivity index (χ4n) is 4.19. The number of pyridine rings is 1. The van der Waals surface area contributed by atoms with Crippen LogP contribution in [0.1, 0.15) is 40.6 Å². The van der Waals surface area contributed by atoms with Crippen molar-refractivity contribution < 1.29 is 9.53 Å². The highest BCUT2D eigenvalue weighted by atomic mass is 16.5. The molecule has 1 aliphatic heterocycles. The van der Waals surface area contributed by atoms with Gasteiger partial charge in [-0.3, -0.25) is 9.69 Å². The number of amides is 1. The van der Waals surface area contributed by atoms with Crippen molar-refractivity contribution in [2.24, 2.45) is 0 Å². The van der Waals surface area contributed by atoms with Crippen LogP contribution < -0.4 is 10.1 Å². The lowest BCUT2D eigenvalue weighted by atomic mass is 10.0. The molecule has 2 aromatic carbocycles. The van der Waals surface area contributed by atoms with Crippen molar-refractivity contribution in [1.82, 2.24) is 20.1 Å². The van der Waals surface area contributed by atoms with Crippen molar-refractivity contribution in [3.05, 3.63) is 95.7 Å². The molecule has 3 aromatic rings. The third-order valence-electron chi connectivity index (χ3n) is 6.13. The Morgan fingerprint density at radius 3 is 2.48 bits per heavy atom. The minimum Gasteiger partial charge on any atom is -0.470 e. The third kappa shape index (κ3) is 6.18. The summed E-state index contributed by atoms with van der Waals surface area (Å²) in [6.45, 7) is 6.39. The minimum absolute atomic E-state index is 0.112. The third-order valence-corrected chi connectivity index (χ3v) is 6.13. The molecule has 2 atom stereocenters. The summed E-state index contributed by atoms with van der Waals surface area (Å²) in [7, 11) is 2.16.